The number of benzene rings is 1. The van der Waals surface area contributed by atoms with Crippen molar-refractivity contribution < 1.29 is 14.3 Å². The molecular weight excluding hydrogens is 342 g/mol. The molecule has 2 aliphatic rings. The Morgan fingerprint density at radius 2 is 2.04 bits per heavy atom. The minimum Gasteiger partial charge on any atom is -0.493 e. The zero-order chi connectivity index (χ0) is 19.1. The number of carbonyl (C=O) groups excluding carboxylic acids is 1. The molecule has 0 bridgehead atoms. The van der Waals surface area contributed by atoms with Crippen molar-refractivity contribution >= 4 is 6.03 Å². The van der Waals surface area contributed by atoms with Gasteiger partial charge in [-0.3, -0.25) is 4.90 Å². The number of hydrogen-bond acceptors (Lipinski definition) is 4. The van der Waals surface area contributed by atoms with E-state index in [1.165, 1.54) is 12.8 Å². The lowest BCUT2D eigenvalue weighted by Crippen LogP contribution is -2.52. The van der Waals surface area contributed by atoms with E-state index in [0.29, 0.717) is 25.2 Å². The van der Waals surface area contributed by atoms with E-state index >= 15 is 0 Å². The number of para-hydroxylation sites is 1. The molecular formula is C21H33N3O3. The van der Waals surface area contributed by atoms with E-state index in [9.17, 15) is 4.79 Å². The summed E-state index contributed by atoms with van der Waals surface area (Å²) in [7, 11) is 0. The van der Waals surface area contributed by atoms with Gasteiger partial charge in [0.05, 0.1) is 12.7 Å². The number of amides is 2. The highest BCUT2D eigenvalue weighted by Gasteiger charge is 2.24. The Kier molecular flexibility index (Phi) is 7.35. The Balaban J connectivity index is 1.42. The van der Waals surface area contributed by atoms with Gasteiger partial charge in [-0.15, -0.1) is 0 Å². The fraction of sp³-hybridized carbons (Fsp3) is 0.667. The summed E-state index contributed by atoms with van der Waals surface area (Å²) in [6.45, 7) is 10.7. The van der Waals surface area contributed by atoms with E-state index in [1.807, 2.05) is 29.2 Å². The summed E-state index contributed by atoms with van der Waals surface area (Å²) >= 11 is 0. The Hall–Kier alpha value is -1.79. The zero-order valence-corrected chi connectivity index (χ0v) is 16.7. The maximum absolute atomic E-state index is 12.5. The zero-order valence-electron chi connectivity index (χ0n) is 16.7. The number of rotatable bonds is 7. The van der Waals surface area contributed by atoms with Gasteiger partial charge in [-0.2, -0.15) is 0 Å². The van der Waals surface area contributed by atoms with Crippen molar-refractivity contribution in [2.24, 2.45) is 5.92 Å². The van der Waals surface area contributed by atoms with Crippen LogP contribution in [0.15, 0.2) is 24.3 Å². The highest BCUT2D eigenvalue weighted by molar-refractivity contribution is 5.74. The smallest absolute Gasteiger partial charge is 0.317 e. The van der Waals surface area contributed by atoms with Gasteiger partial charge in [0.1, 0.15) is 5.75 Å². The van der Waals surface area contributed by atoms with Crippen LogP contribution in [0, 0.1) is 5.92 Å². The van der Waals surface area contributed by atoms with Crippen molar-refractivity contribution in [2.45, 2.75) is 39.3 Å². The highest BCUT2D eigenvalue weighted by atomic mass is 16.5. The van der Waals surface area contributed by atoms with E-state index in [1.54, 1.807) is 0 Å². The second kappa shape index (κ2) is 9.95. The quantitative estimate of drug-likeness (QED) is 0.796. The van der Waals surface area contributed by atoms with Gasteiger partial charge in [-0.05, 0) is 24.8 Å². The van der Waals surface area contributed by atoms with Gasteiger partial charge in [0.25, 0.3) is 0 Å². The summed E-state index contributed by atoms with van der Waals surface area (Å²) in [5.74, 6) is 1.33. The molecule has 1 unspecified atom stereocenters. The highest BCUT2D eigenvalue weighted by Crippen LogP contribution is 2.19. The minimum atomic E-state index is 0.00503. The molecule has 2 aliphatic heterocycles. The molecule has 1 aromatic carbocycles. The Morgan fingerprint density at radius 3 is 2.74 bits per heavy atom. The molecule has 0 radical (unpaired) electrons. The fourth-order valence-corrected chi connectivity index (χ4v) is 3.54. The average Bonchev–Trinajstić information content (AvgIpc) is 3.18. The molecule has 2 fully saturated rings. The first-order chi connectivity index (χ1) is 13.1. The molecule has 27 heavy (non-hydrogen) atoms. The Morgan fingerprint density at radius 1 is 1.26 bits per heavy atom. The van der Waals surface area contributed by atoms with Crippen LogP contribution in [0.4, 0.5) is 4.79 Å². The largest absolute Gasteiger partial charge is 0.493 e. The van der Waals surface area contributed by atoms with Crippen LogP contribution in [-0.4, -0.2) is 67.9 Å². The third kappa shape index (κ3) is 6.11. The van der Waals surface area contributed by atoms with Crippen LogP contribution in [0.3, 0.4) is 0 Å². The van der Waals surface area contributed by atoms with Crippen molar-refractivity contribution in [1.29, 1.82) is 0 Å². The third-order valence-corrected chi connectivity index (χ3v) is 5.12. The lowest BCUT2D eigenvalue weighted by Gasteiger charge is -2.35. The summed E-state index contributed by atoms with van der Waals surface area (Å²) < 4.78 is 11.6. The molecule has 6 heteroatoms. The van der Waals surface area contributed by atoms with E-state index in [-0.39, 0.29) is 6.03 Å². The fourth-order valence-electron chi connectivity index (χ4n) is 3.54. The number of ether oxygens (including phenoxy) is 2. The SMILES string of the molecule is CC(C)COc1ccccc1CNC(=O)N1CCN(CC2CCCO2)CC1. The predicted molar refractivity (Wildman–Crippen MR) is 106 cm³/mol. The van der Waals surface area contributed by atoms with Crippen LogP contribution in [-0.2, 0) is 11.3 Å². The topological polar surface area (TPSA) is 54.0 Å². The third-order valence-electron chi connectivity index (χ3n) is 5.12. The summed E-state index contributed by atoms with van der Waals surface area (Å²) in [5.41, 5.74) is 1.02. The van der Waals surface area contributed by atoms with Gasteiger partial charge < -0.3 is 19.7 Å². The van der Waals surface area contributed by atoms with Gasteiger partial charge in [-0.25, -0.2) is 4.79 Å². The second-order valence-corrected chi connectivity index (χ2v) is 7.89. The van der Waals surface area contributed by atoms with Crippen molar-refractivity contribution in [3.8, 4) is 5.75 Å². The van der Waals surface area contributed by atoms with Crippen LogP contribution in [0.5, 0.6) is 5.75 Å². The lowest BCUT2D eigenvalue weighted by atomic mass is 10.2. The molecule has 150 valence electrons. The summed E-state index contributed by atoms with van der Waals surface area (Å²) in [6, 6.07) is 7.93. The van der Waals surface area contributed by atoms with Gasteiger partial charge in [0.2, 0.25) is 0 Å². The molecule has 2 heterocycles. The van der Waals surface area contributed by atoms with Crippen LogP contribution < -0.4 is 10.1 Å². The van der Waals surface area contributed by atoms with Crippen molar-refractivity contribution in [3.05, 3.63) is 29.8 Å². The summed E-state index contributed by atoms with van der Waals surface area (Å²) in [6.07, 6.45) is 2.72. The molecule has 0 saturated carbocycles. The number of nitrogens with zero attached hydrogens (tertiary/aromatic N) is 2. The van der Waals surface area contributed by atoms with E-state index < -0.39 is 0 Å². The van der Waals surface area contributed by atoms with Gasteiger partial charge in [0.15, 0.2) is 0 Å². The molecule has 0 aromatic heterocycles. The predicted octanol–water partition coefficient (Wildman–Crippen LogP) is 2.73. The maximum atomic E-state index is 12.5. The number of nitrogens with one attached hydrogen (secondary N) is 1. The molecule has 3 rings (SSSR count). The molecule has 2 amide bonds. The van der Waals surface area contributed by atoms with Crippen molar-refractivity contribution in [3.63, 3.8) is 0 Å². The van der Waals surface area contributed by atoms with Crippen molar-refractivity contribution in [2.75, 3.05) is 45.9 Å². The summed E-state index contributed by atoms with van der Waals surface area (Å²) in [5, 5.41) is 3.05. The molecule has 0 spiro atoms. The average molecular weight is 376 g/mol. The number of urea groups is 1. The van der Waals surface area contributed by atoms with Crippen LogP contribution >= 0.6 is 0 Å². The monoisotopic (exact) mass is 375 g/mol. The molecule has 6 nitrogen and oxygen atoms in total. The normalized spacial score (nSPS) is 20.9. The van der Waals surface area contributed by atoms with E-state index in [0.717, 1.165) is 50.6 Å². The lowest BCUT2D eigenvalue weighted by molar-refractivity contribution is 0.0561. The number of piperazine rings is 1. The van der Waals surface area contributed by atoms with Gasteiger partial charge in [-0.1, -0.05) is 32.0 Å². The van der Waals surface area contributed by atoms with Crippen LogP contribution in [0.2, 0.25) is 0 Å². The van der Waals surface area contributed by atoms with Crippen molar-refractivity contribution in [1.82, 2.24) is 15.1 Å². The Bertz CT molecular complexity index is 594. The maximum Gasteiger partial charge on any atom is 0.317 e. The second-order valence-electron chi connectivity index (χ2n) is 7.89. The first-order valence-electron chi connectivity index (χ1n) is 10.2. The number of hydrogen-bond donors (Lipinski definition) is 1. The van der Waals surface area contributed by atoms with Crippen LogP contribution in [0.25, 0.3) is 0 Å². The standard InChI is InChI=1S/C21H33N3O3/c1-17(2)16-27-20-8-4-3-6-18(20)14-22-21(25)24-11-9-23(10-12-24)15-19-7-5-13-26-19/h3-4,6,8,17,19H,5,7,9-16H2,1-2H3,(H,22,25). The minimum absolute atomic E-state index is 0.00503. The van der Waals surface area contributed by atoms with E-state index in [2.05, 4.69) is 24.1 Å². The van der Waals surface area contributed by atoms with Gasteiger partial charge in [0, 0.05) is 51.4 Å². The number of carbonyl (C=O) groups is 1. The van der Waals surface area contributed by atoms with Crippen LogP contribution in [0.1, 0.15) is 32.3 Å². The molecule has 2 saturated heterocycles. The van der Waals surface area contributed by atoms with Gasteiger partial charge >= 0.3 is 6.03 Å². The Labute approximate surface area is 162 Å². The molecule has 1 aromatic rings. The first kappa shape index (κ1) is 20.0. The molecule has 0 aliphatic carbocycles. The van der Waals surface area contributed by atoms with E-state index in [4.69, 9.17) is 9.47 Å². The first-order valence-corrected chi connectivity index (χ1v) is 10.2. The molecule has 1 atom stereocenters. The summed E-state index contributed by atoms with van der Waals surface area (Å²) in [4.78, 5) is 16.8. The molecule has 1 N–H and O–H groups in total.